The summed E-state index contributed by atoms with van der Waals surface area (Å²) in [7, 11) is 0. The molecule has 3 aliphatic heterocycles. The molecule has 0 bridgehead atoms. The Morgan fingerprint density at radius 1 is 1.16 bits per heavy atom. The Labute approximate surface area is 262 Å². The zero-order chi connectivity index (χ0) is 32.6. The van der Waals surface area contributed by atoms with Gasteiger partial charge < -0.3 is 32.2 Å². The van der Waals surface area contributed by atoms with Crippen LogP contribution in [0.1, 0.15) is 117 Å². The van der Waals surface area contributed by atoms with Crippen molar-refractivity contribution in [2.24, 2.45) is 0 Å². The van der Waals surface area contributed by atoms with E-state index in [0.717, 1.165) is 68.1 Å². The number of carbonyl (C=O) groups is 1. The van der Waals surface area contributed by atoms with Crippen LogP contribution in [0.25, 0.3) is 5.57 Å². The van der Waals surface area contributed by atoms with Crippen LogP contribution in [0.5, 0.6) is 0 Å². The van der Waals surface area contributed by atoms with Gasteiger partial charge in [-0.25, -0.2) is 4.79 Å². The molecular weight excluding hydrogens is 563 g/mol. The summed E-state index contributed by atoms with van der Waals surface area (Å²) in [6.07, 6.45) is 12.2. The molecule has 1 saturated heterocycles. The summed E-state index contributed by atoms with van der Waals surface area (Å²) in [4.78, 5) is 14.3. The molecule has 3 aliphatic rings. The second-order valence-corrected chi connectivity index (χ2v) is 14.2. The van der Waals surface area contributed by atoms with Crippen molar-refractivity contribution in [2.45, 2.75) is 137 Å². The van der Waals surface area contributed by atoms with Crippen molar-refractivity contribution in [1.29, 1.82) is 0 Å². The second-order valence-electron chi connectivity index (χ2n) is 14.2. The molecule has 0 aromatic carbocycles. The van der Waals surface area contributed by atoms with Gasteiger partial charge in [0.1, 0.15) is 17.0 Å². The van der Waals surface area contributed by atoms with Crippen LogP contribution in [-0.2, 0) is 9.47 Å². The van der Waals surface area contributed by atoms with E-state index in [1.807, 2.05) is 52.8 Å². The molecule has 0 spiro atoms. The molecule has 7 nitrogen and oxygen atoms in total. The third-order valence-corrected chi connectivity index (χ3v) is 8.92. The summed E-state index contributed by atoms with van der Waals surface area (Å²) >= 11 is 0. The van der Waals surface area contributed by atoms with Gasteiger partial charge in [-0.3, -0.25) is 4.90 Å². The first-order valence-corrected chi connectivity index (χ1v) is 16.2. The van der Waals surface area contributed by atoms with Gasteiger partial charge in [-0.1, -0.05) is 37.8 Å². The molecule has 1 amide bonds. The van der Waals surface area contributed by atoms with Crippen LogP contribution in [0.3, 0.4) is 0 Å². The van der Waals surface area contributed by atoms with E-state index in [-0.39, 0.29) is 6.61 Å². The maximum atomic E-state index is 15.7. The number of ether oxygens (including phenoxy) is 2. The Morgan fingerprint density at radius 3 is 2.45 bits per heavy atom. The van der Waals surface area contributed by atoms with Crippen molar-refractivity contribution >= 4 is 24.3 Å². The number of hydrogen-bond acceptors (Lipinski definition) is 4. The third kappa shape index (κ3) is 6.91. The lowest BCUT2D eigenvalue weighted by atomic mass is 9.84. The first kappa shape index (κ1) is 34.2. The minimum absolute atomic E-state index is 0.246. The molecule has 0 unspecified atom stereocenters. The Morgan fingerprint density at radius 2 is 1.80 bits per heavy atom. The van der Waals surface area contributed by atoms with E-state index >= 15 is 8.63 Å². The maximum absolute atomic E-state index is 15.7. The van der Waals surface area contributed by atoms with Crippen LogP contribution in [0.15, 0.2) is 35.6 Å². The lowest BCUT2D eigenvalue weighted by Crippen LogP contribution is -2.53. The molecule has 44 heavy (non-hydrogen) atoms. The highest BCUT2D eigenvalue weighted by Gasteiger charge is 2.54. The van der Waals surface area contributed by atoms with Crippen molar-refractivity contribution in [3.05, 3.63) is 52.5 Å². The SMILES string of the molecule is CC1=CC(C)=[N+]2C1=C(CCCCCCCC/C=C/[C@@H](O)[C@@H]1COC(C)(C)N1C(=O)OC(C)(C)C)c1c(C)cc(C)n1[B-]2(F)F. The van der Waals surface area contributed by atoms with Crippen molar-refractivity contribution < 1.29 is 32.5 Å². The number of unbranched alkanes of at least 4 members (excludes halogenated alkanes) is 6. The predicted octanol–water partition coefficient (Wildman–Crippen LogP) is 7.90. The van der Waals surface area contributed by atoms with Crippen LogP contribution in [0.4, 0.5) is 13.4 Å². The summed E-state index contributed by atoms with van der Waals surface area (Å²) in [5.74, 6) is 0. The summed E-state index contributed by atoms with van der Waals surface area (Å²) in [6, 6.07) is 1.38. The van der Waals surface area contributed by atoms with Gasteiger partial charge in [0, 0.05) is 29.8 Å². The number of hydrogen-bond donors (Lipinski definition) is 1. The average molecular weight is 616 g/mol. The van der Waals surface area contributed by atoms with Crippen LogP contribution < -0.4 is 0 Å². The molecule has 244 valence electrons. The maximum Gasteiger partial charge on any atom is 0.737 e. The van der Waals surface area contributed by atoms with E-state index < -0.39 is 36.5 Å². The lowest BCUT2D eigenvalue weighted by Gasteiger charge is -2.36. The molecule has 1 N–H and O–H groups in total. The molecule has 1 fully saturated rings. The lowest BCUT2D eigenvalue weighted by molar-refractivity contribution is -0.363. The van der Waals surface area contributed by atoms with E-state index in [4.69, 9.17) is 9.47 Å². The van der Waals surface area contributed by atoms with Gasteiger partial charge in [-0.15, -0.1) is 0 Å². The highest BCUT2D eigenvalue weighted by molar-refractivity contribution is 6.58. The Hall–Kier alpha value is -2.72. The number of aryl methyl sites for hydroxylation is 2. The van der Waals surface area contributed by atoms with Gasteiger partial charge >= 0.3 is 13.1 Å². The largest absolute Gasteiger partial charge is 0.737 e. The highest BCUT2D eigenvalue weighted by atomic mass is 19.2. The molecule has 4 heterocycles. The summed E-state index contributed by atoms with van der Waals surface area (Å²) in [5.41, 5.74) is 4.02. The number of nitrogens with zero attached hydrogens (tertiary/aromatic N) is 3. The number of carbonyl (C=O) groups excluding carboxylic acids is 1. The van der Waals surface area contributed by atoms with Crippen LogP contribution in [-0.4, -0.2) is 67.8 Å². The van der Waals surface area contributed by atoms with E-state index in [9.17, 15) is 9.90 Å². The number of rotatable bonds is 11. The third-order valence-electron chi connectivity index (χ3n) is 8.92. The van der Waals surface area contributed by atoms with E-state index in [1.54, 1.807) is 33.8 Å². The first-order chi connectivity index (χ1) is 20.5. The van der Waals surface area contributed by atoms with Crippen molar-refractivity contribution in [3.63, 3.8) is 0 Å². The predicted molar refractivity (Wildman–Crippen MR) is 173 cm³/mol. The van der Waals surface area contributed by atoms with Gasteiger partial charge in [-0.2, -0.15) is 0 Å². The topological polar surface area (TPSA) is 66.9 Å². The number of aliphatic hydroxyl groups excluding tert-OH is 1. The Balaban J connectivity index is 1.23. The molecule has 0 saturated carbocycles. The molecule has 0 aliphatic carbocycles. The fraction of sp³-hybridized carbons (Fsp3) is 0.647. The Kier molecular flexibility index (Phi) is 10.1. The zero-order valence-electron chi connectivity index (χ0n) is 28.2. The van der Waals surface area contributed by atoms with E-state index in [2.05, 4.69) is 0 Å². The van der Waals surface area contributed by atoms with Gasteiger partial charge in [0.25, 0.3) is 0 Å². The number of aliphatic hydroxyl groups is 1. The Bertz CT molecular complexity index is 1380. The average Bonchev–Trinajstić information content (AvgIpc) is 3.50. The van der Waals surface area contributed by atoms with Gasteiger partial charge in [-0.05, 0) is 98.4 Å². The minimum atomic E-state index is -3.91. The standard InChI is InChI=1S/C34H52BF2N3O4/c1-23-20-25(3)39-30(23)27(31-24(2)21-26(4)40(31)35(39,36)37)18-16-14-12-10-11-13-15-17-19-29(41)28-22-43-34(8,9)38(28)32(42)44-33(5,6)7/h17,19-21,28-29,41H,10-16,18,22H2,1-9H3/b19-17+/t28-,29+/m0/s1. The smallest absolute Gasteiger partial charge is 0.444 e. The van der Waals surface area contributed by atoms with Gasteiger partial charge in [0.2, 0.25) is 0 Å². The number of halogens is 2. The van der Waals surface area contributed by atoms with Gasteiger partial charge in [0.05, 0.1) is 18.8 Å². The number of aromatic nitrogens is 1. The quantitative estimate of drug-likeness (QED) is 0.156. The van der Waals surface area contributed by atoms with Crippen molar-refractivity contribution in [3.8, 4) is 0 Å². The van der Waals surface area contributed by atoms with Crippen LogP contribution >= 0.6 is 0 Å². The van der Waals surface area contributed by atoms with Crippen LogP contribution in [0.2, 0.25) is 0 Å². The monoisotopic (exact) mass is 615 g/mol. The summed E-state index contributed by atoms with van der Waals surface area (Å²) < 4.78 is 45.4. The first-order valence-electron chi connectivity index (χ1n) is 16.2. The molecule has 1 aromatic heterocycles. The number of allylic oxidation sites excluding steroid dienone is 4. The molecule has 0 radical (unpaired) electrons. The van der Waals surface area contributed by atoms with Crippen LogP contribution in [0, 0.1) is 13.8 Å². The van der Waals surface area contributed by atoms with Crippen molar-refractivity contribution in [2.75, 3.05) is 6.61 Å². The molecular formula is C34H52BF2N3O4. The molecule has 1 aromatic rings. The minimum Gasteiger partial charge on any atom is -0.444 e. The number of amides is 1. The van der Waals surface area contributed by atoms with E-state index in [0.29, 0.717) is 22.8 Å². The summed E-state index contributed by atoms with van der Waals surface area (Å²) in [5, 5.41) is 10.8. The number of fused-ring (bicyclic) bond motifs is 2. The summed E-state index contributed by atoms with van der Waals surface area (Å²) in [6.45, 7) is 12.8. The fourth-order valence-corrected chi connectivity index (χ4v) is 7.05. The normalized spacial score (nSPS) is 21.7. The fourth-order valence-electron chi connectivity index (χ4n) is 7.05. The second kappa shape index (κ2) is 13.0. The van der Waals surface area contributed by atoms with Gasteiger partial charge in [0.15, 0.2) is 5.70 Å². The molecule has 2 atom stereocenters. The molecule has 10 heteroatoms. The zero-order valence-corrected chi connectivity index (χ0v) is 28.2. The molecule has 4 rings (SSSR count). The van der Waals surface area contributed by atoms with Crippen molar-refractivity contribution in [1.82, 2.24) is 9.38 Å². The van der Waals surface area contributed by atoms with E-state index in [1.165, 1.54) is 13.9 Å². The highest BCUT2D eigenvalue weighted by Crippen LogP contribution is 2.43.